The van der Waals surface area contributed by atoms with Crippen LogP contribution in [0.3, 0.4) is 0 Å². The Bertz CT molecular complexity index is 295. The van der Waals surface area contributed by atoms with E-state index in [0.29, 0.717) is 6.42 Å². The fourth-order valence-electron chi connectivity index (χ4n) is 2.16. The summed E-state index contributed by atoms with van der Waals surface area (Å²) in [5.41, 5.74) is -0.453. The second kappa shape index (κ2) is 5.12. The maximum atomic E-state index is 12.4. The van der Waals surface area contributed by atoms with E-state index >= 15 is 0 Å². The Kier molecular flexibility index (Phi) is 4.46. The molecule has 0 saturated heterocycles. The van der Waals surface area contributed by atoms with Crippen LogP contribution in [0, 0.1) is 5.41 Å². The van der Waals surface area contributed by atoms with Crippen molar-refractivity contribution in [1.29, 1.82) is 0 Å². The van der Waals surface area contributed by atoms with E-state index in [2.05, 4.69) is 4.74 Å². The van der Waals surface area contributed by atoms with Gasteiger partial charge < -0.3 is 9.84 Å². The van der Waals surface area contributed by atoms with Crippen LogP contribution in [0.25, 0.3) is 0 Å². The average Bonchev–Trinajstić information content (AvgIpc) is 2.15. The second-order valence-corrected chi connectivity index (χ2v) is 5.61. The van der Waals surface area contributed by atoms with Crippen LogP contribution in [0.1, 0.15) is 33.1 Å². The predicted molar refractivity (Wildman–Crippen MR) is 54.4 cm³/mol. The summed E-state index contributed by atoms with van der Waals surface area (Å²) < 4.78 is 78.4. The van der Waals surface area contributed by atoms with E-state index in [0.717, 1.165) is 0 Å². The number of aliphatic hydroxyl groups is 1. The largest absolute Gasteiger partial charge is 0.423 e. The lowest BCUT2D eigenvalue weighted by molar-refractivity contribution is -0.339. The predicted octanol–water partition coefficient (Wildman–Crippen LogP) is 3.44. The number of hydrogen-bond donors (Lipinski definition) is 1. The molecule has 2 atom stereocenters. The molecule has 2 nitrogen and oxygen atoms in total. The van der Waals surface area contributed by atoms with Gasteiger partial charge in [0.1, 0.15) is 0 Å². The van der Waals surface area contributed by atoms with E-state index in [9.17, 15) is 31.4 Å². The molecule has 2 unspecified atom stereocenters. The van der Waals surface area contributed by atoms with Crippen molar-refractivity contribution in [2.45, 2.75) is 63.8 Å². The third-order valence-corrected chi connectivity index (χ3v) is 3.21. The molecule has 0 aromatic heterocycles. The number of ether oxygens (including phenoxy) is 1. The first kappa shape index (κ1) is 16.6. The van der Waals surface area contributed by atoms with Gasteiger partial charge in [0.05, 0.1) is 12.2 Å². The molecule has 0 aromatic rings. The van der Waals surface area contributed by atoms with Gasteiger partial charge in [-0.2, -0.15) is 26.3 Å². The summed E-state index contributed by atoms with van der Waals surface area (Å²) in [5, 5.41) is 9.52. The molecule has 114 valence electrons. The maximum Gasteiger partial charge on any atom is 0.423 e. The van der Waals surface area contributed by atoms with Crippen LogP contribution in [0.15, 0.2) is 0 Å². The molecule has 1 N–H and O–H groups in total. The summed E-state index contributed by atoms with van der Waals surface area (Å²) >= 11 is 0. The lowest BCUT2D eigenvalue weighted by Crippen LogP contribution is -2.50. The highest BCUT2D eigenvalue weighted by Gasteiger charge is 2.59. The van der Waals surface area contributed by atoms with Gasteiger partial charge in [0.25, 0.3) is 0 Å². The van der Waals surface area contributed by atoms with Crippen LogP contribution >= 0.6 is 0 Å². The average molecular weight is 294 g/mol. The van der Waals surface area contributed by atoms with E-state index in [1.807, 2.05) is 0 Å². The number of rotatable bonds is 2. The zero-order valence-electron chi connectivity index (χ0n) is 10.5. The minimum Gasteiger partial charge on any atom is -0.390 e. The SMILES string of the molecule is CC1(C)CCC(O)C(OC(C(F)(F)F)C(F)(F)F)C1. The third-order valence-electron chi connectivity index (χ3n) is 3.21. The van der Waals surface area contributed by atoms with Gasteiger partial charge in [-0.25, -0.2) is 0 Å². The summed E-state index contributed by atoms with van der Waals surface area (Å²) in [7, 11) is 0. The zero-order chi connectivity index (χ0) is 15.1. The molecule has 8 heteroatoms. The molecule has 1 fully saturated rings. The molecule has 0 radical (unpaired) electrons. The van der Waals surface area contributed by atoms with Crippen molar-refractivity contribution in [1.82, 2.24) is 0 Å². The number of hydrogen-bond acceptors (Lipinski definition) is 2. The highest BCUT2D eigenvalue weighted by molar-refractivity contribution is 4.88. The van der Waals surface area contributed by atoms with Gasteiger partial charge in [0.15, 0.2) is 0 Å². The first-order valence-electron chi connectivity index (χ1n) is 5.80. The van der Waals surface area contributed by atoms with E-state index in [4.69, 9.17) is 0 Å². The molecule has 1 saturated carbocycles. The van der Waals surface area contributed by atoms with Crippen LogP contribution < -0.4 is 0 Å². The molecule has 0 bridgehead atoms. The van der Waals surface area contributed by atoms with Crippen LogP contribution in [0.2, 0.25) is 0 Å². The molecule has 19 heavy (non-hydrogen) atoms. The van der Waals surface area contributed by atoms with E-state index < -0.39 is 36.1 Å². The topological polar surface area (TPSA) is 29.5 Å². The maximum absolute atomic E-state index is 12.4. The lowest BCUT2D eigenvalue weighted by Gasteiger charge is -2.40. The molecule has 0 heterocycles. The smallest absolute Gasteiger partial charge is 0.390 e. The molecule has 1 aliphatic rings. The molecule has 0 spiro atoms. The minimum absolute atomic E-state index is 0.0448. The Morgan fingerprint density at radius 3 is 2.00 bits per heavy atom. The number of aliphatic hydroxyl groups excluding tert-OH is 1. The Morgan fingerprint density at radius 1 is 1.11 bits per heavy atom. The van der Waals surface area contributed by atoms with Crippen LogP contribution in [-0.2, 0) is 4.74 Å². The van der Waals surface area contributed by atoms with Crippen LogP contribution in [-0.4, -0.2) is 35.8 Å². The summed E-state index contributed by atoms with van der Waals surface area (Å²) in [6.07, 6.45) is -17.1. The Hall–Kier alpha value is -0.500. The van der Waals surface area contributed by atoms with E-state index in [1.54, 1.807) is 13.8 Å². The summed E-state index contributed by atoms with van der Waals surface area (Å²) in [6.45, 7) is 3.43. The van der Waals surface area contributed by atoms with Crippen molar-refractivity contribution in [3.05, 3.63) is 0 Å². The highest BCUT2D eigenvalue weighted by atomic mass is 19.4. The zero-order valence-corrected chi connectivity index (χ0v) is 10.5. The molecule has 1 rings (SSSR count). The van der Waals surface area contributed by atoms with Crippen molar-refractivity contribution >= 4 is 0 Å². The van der Waals surface area contributed by atoms with E-state index in [-0.39, 0.29) is 12.8 Å². The lowest BCUT2D eigenvalue weighted by atomic mass is 9.75. The summed E-state index contributed by atoms with van der Waals surface area (Å²) in [4.78, 5) is 0. The minimum atomic E-state index is -5.54. The Labute approximate surface area is 106 Å². The van der Waals surface area contributed by atoms with Crippen molar-refractivity contribution < 1.29 is 36.2 Å². The second-order valence-electron chi connectivity index (χ2n) is 5.61. The van der Waals surface area contributed by atoms with Crippen molar-refractivity contribution in [3.63, 3.8) is 0 Å². The Morgan fingerprint density at radius 2 is 1.58 bits per heavy atom. The molecule has 0 amide bonds. The van der Waals surface area contributed by atoms with Gasteiger partial charge >= 0.3 is 12.4 Å². The molecular weight excluding hydrogens is 278 g/mol. The molecule has 1 aliphatic carbocycles. The van der Waals surface area contributed by atoms with Crippen LogP contribution in [0.4, 0.5) is 26.3 Å². The van der Waals surface area contributed by atoms with E-state index in [1.165, 1.54) is 0 Å². The first-order chi connectivity index (χ1) is 8.33. The van der Waals surface area contributed by atoms with Gasteiger partial charge in [0, 0.05) is 0 Å². The first-order valence-corrected chi connectivity index (χ1v) is 5.80. The fraction of sp³-hybridized carbons (Fsp3) is 1.00. The normalized spacial score (nSPS) is 28.7. The highest BCUT2D eigenvalue weighted by Crippen LogP contribution is 2.41. The molecule has 0 aliphatic heterocycles. The van der Waals surface area contributed by atoms with Crippen LogP contribution in [0.5, 0.6) is 0 Å². The van der Waals surface area contributed by atoms with Crippen molar-refractivity contribution in [3.8, 4) is 0 Å². The summed E-state index contributed by atoms with van der Waals surface area (Å²) in [5.74, 6) is 0. The standard InChI is InChI=1S/C11H16F6O2/c1-9(2)4-3-6(18)7(5-9)19-8(10(12,13)14)11(15,16)17/h6-8,18H,3-5H2,1-2H3. The number of alkyl halides is 6. The van der Waals surface area contributed by atoms with Crippen molar-refractivity contribution in [2.75, 3.05) is 0 Å². The Balaban J connectivity index is 2.84. The van der Waals surface area contributed by atoms with Gasteiger partial charge in [-0.15, -0.1) is 0 Å². The fourth-order valence-corrected chi connectivity index (χ4v) is 2.16. The van der Waals surface area contributed by atoms with Gasteiger partial charge in [-0.05, 0) is 24.7 Å². The quantitative estimate of drug-likeness (QED) is 0.791. The number of halogens is 6. The molecular formula is C11H16F6O2. The van der Waals surface area contributed by atoms with Gasteiger partial charge in [-0.3, -0.25) is 0 Å². The monoisotopic (exact) mass is 294 g/mol. The third kappa shape index (κ3) is 4.52. The van der Waals surface area contributed by atoms with Crippen molar-refractivity contribution in [2.24, 2.45) is 5.41 Å². The molecule has 0 aromatic carbocycles. The van der Waals surface area contributed by atoms with Gasteiger partial charge in [-0.1, -0.05) is 13.8 Å². The van der Waals surface area contributed by atoms with Gasteiger partial charge in [0.2, 0.25) is 6.10 Å². The summed E-state index contributed by atoms with van der Waals surface area (Å²) in [6, 6.07) is 0.